The predicted octanol–water partition coefficient (Wildman–Crippen LogP) is 10.5. The number of hydrogen-bond acceptors (Lipinski definition) is 1. The van der Waals surface area contributed by atoms with Gasteiger partial charge < -0.3 is 4.74 Å². The summed E-state index contributed by atoms with van der Waals surface area (Å²) in [5.41, 5.74) is 10.3. The van der Waals surface area contributed by atoms with E-state index in [1.54, 1.807) is 0 Å². The molecule has 2 aliphatic carbocycles. The molecular formula is C42H34O. The Morgan fingerprint density at radius 2 is 0.814 bits per heavy atom. The Kier molecular flexibility index (Phi) is 5.67. The average Bonchev–Trinajstić information content (AvgIpc) is 2.99. The Bertz CT molecular complexity index is 1960. The fourth-order valence-electron chi connectivity index (χ4n) is 7.66. The molecule has 0 aromatic heterocycles. The van der Waals surface area contributed by atoms with Crippen molar-refractivity contribution < 1.29 is 4.74 Å². The van der Waals surface area contributed by atoms with Crippen molar-refractivity contribution in [2.75, 3.05) is 0 Å². The molecule has 1 nitrogen and oxygen atoms in total. The van der Waals surface area contributed by atoms with Gasteiger partial charge in [0.2, 0.25) is 0 Å². The minimum atomic E-state index is -0.846. The summed E-state index contributed by atoms with van der Waals surface area (Å²) < 4.78 is 8.02. The Balaban J connectivity index is 1.50. The van der Waals surface area contributed by atoms with Crippen molar-refractivity contribution in [3.05, 3.63) is 177 Å². The molecule has 0 bridgehead atoms. The van der Waals surface area contributed by atoms with Crippen LogP contribution in [0.5, 0.6) is 0 Å². The zero-order chi connectivity index (χ0) is 29.3. The second-order valence-electron chi connectivity index (χ2n) is 12.5. The van der Waals surface area contributed by atoms with Crippen LogP contribution in [-0.2, 0) is 15.9 Å². The number of benzene rings is 6. The zero-order valence-corrected chi connectivity index (χ0v) is 25.1. The van der Waals surface area contributed by atoms with E-state index < -0.39 is 11.2 Å². The Morgan fingerprint density at radius 1 is 0.442 bits per heavy atom. The minimum absolute atomic E-state index is 0.846. The van der Waals surface area contributed by atoms with E-state index >= 15 is 0 Å². The van der Waals surface area contributed by atoms with Crippen molar-refractivity contribution in [3.63, 3.8) is 0 Å². The third kappa shape index (κ3) is 3.89. The lowest BCUT2D eigenvalue weighted by Crippen LogP contribution is -2.42. The Hall–Kier alpha value is -4.72. The predicted molar refractivity (Wildman–Crippen MR) is 180 cm³/mol. The van der Waals surface area contributed by atoms with Crippen molar-refractivity contribution in [1.82, 2.24) is 0 Å². The smallest absolute Gasteiger partial charge is 0.139 e. The molecule has 0 saturated carbocycles. The summed E-state index contributed by atoms with van der Waals surface area (Å²) in [6.45, 7) is 8.73. The van der Waals surface area contributed by atoms with Crippen LogP contribution >= 0.6 is 0 Å². The molecule has 2 atom stereocenters. The normalized spacial score (nSPS) is 20.2. The lowest BCUT2D eigenvalue weighted by molar-refractivity contribution is -0.0705. The maximum atomic E-state index is 8.02. The van der Waals surface area contributed by atoms with Gasteiger partial charge in [0.25, 0.3) is 0 Å². The average molecular weight is 555 g/mol. The Labute approximate surface area is 253 Å². The standard InChI is InChI=1S/C42H34O/c1-27-21-28(2)24-35(23-27)41(19-17-33-11-5-9-31-13-7-15-37(41)39(31)33)43-42(36-25-29(3)22-30(4)26-36)20-18-34-12-6-10-32-14-8-16-38(42)40(32)34/h5-26H,1-4H3. The third-order valence-electron chi connectivity index (χ3n) is 9.29. The van der Waals surface area contributed by atoms with Crippen LogP contribution in [0.25, 0.3) is 33.7 Å². The molecule has 43 heavy (non-hydrogen) atoms. The maximum Gasteiger partial charge on any atom is 0.139 e. The first-order valence-corrected chi connectivity index (χ1v) is 15.2. The van der Waals surface area contributed by atoms with Crippen LogP contribution in [0, 0.1) is 27.7 Å². The second-order valence-corrected chi connectivity index (χ2v) is 12.5. The van der Waals surface area contributed by atoms with Gasteiger partial charge in [0.1, 0.15) is 11.2 Å². The first-order valence-electron chi connectivity index (χ1n) is 15.2. The van der Waals surface area contributed by atoms with Gasteiger partial charge in [-0.3, -0.25) is 0 Å². The molecule has 2 aliphatic rings. The second kappa shape index (κ2) is 9.39. The monoisotopic (exact) mass is 554 g/mol. The van der Waals surface area contributed by atoms with Crippen molar-refractivity contribution in [3.8, 4) is 0 Å². The zero-order valence-electron chi connectivity index (χ0n) is 25.1. The lowest BCUT2D eigenvalue weighted by Gasteiger charge is -2.46. The largest absolute Gasteiger partial charge is 0.341 e. The van der Waals surface area contributed by atoms with Crippen molar-refractivity contribution in [2.45, 2.75) is 38.9 Å². The van der Waals surface area contributed by atoms with E-state index in [1.807, 2.05) is 0 Å². The van der Waals surface area contributed by atoms with Crippen LogP contribution < -0.4 is 0 Å². The molecule has 0 aliphatic heterocycles. The molecule has 6 aromatic rings. The SMILES string of the molecule is Cc1cc(C)cc(C2(OC3(c4cc(C)cc(C)c4)C=Cc4cccc5cccc3c45)C=Cc3cccc4cccc2c34)c1. The number of rotatable bonds is 4. The Morgan fingerprint density at radius 3 is 1.21 bits per heavy atom. The summed E-state index contributed by atoms with van der Waals surface area (Å²) in [4.78, 5) is 0. The molecule has 0 spiro atoms. The van der Waals surface area contributed by atoms with Crippen molar-refractivity contribution >= 4 is 33.7 Å². The molecule has 0 amide bonds. The van der Waals surface area contributed by atoms with Gasteiger partial charge in [-0.15, -0.1) is 0 Å². The van der Waals surface area contributed by atoms with Gasteiger partial charge in [0.15, 0.2) is 0 Å². The number of ether oxygens (including phenoxy) is 1. The summed E-state index contributed by atoms with van der Waals surface area (Å²) in [7, 11) is 0. The highest BCUT2D eigenvalue weighted by Crippen LogP contribution is 2.53. The summed E-state index contributed by atoms with van der Waals surface area (Å²) >= 11 is 0. The molecule has 0 fully saturated rings. The van der Waals surface area contributed by atoms with Crippen LogP contribution in [0.15, 0.2) is 121 Å². The van der Waals surface area contributed by atoms with Crippen LogP contribution in [-0.4, -0.2) is 0 Å². The van der Waals surface area contributed by atoms with E-state index in [2.05, 4.69) is 161 Å². The molecule has 208 valence electrons. The highest BCUT2D eigenvalue weighted by atomic mass is 16.5. The van der Waals surface area contributed by atoms with Gasteiger partial charge in [-0.2, -0.15) is 0 Å². The molecule has 1 heteroatoms. The topological polar surface area (TPSA) is 9.23 Å². The maximum absolute atomic E-state index is 8.02. The molecule has 0 N–H and O–H groups in total. The molecule has 0 saturated heterocycles. The first-order chi connectivity index (χ1) is 20.9. The van der Waals surface area contributed by atoms with Gasteiger partial charge in [-0.1, -0.05) is 144 Å². The number of aryl methyl sites for hydroxylation is 4. The van der Waals surface area contributed by atoms with E-state index in [9.17, 15) is 0 Å². The van der Waals surface area contributed by atoms with Crippen LogP contribution in [0.3, 0.4) is 0 Å². The van der Waals surface area contributed by atoms with Crippen LogP contribution in [0.1, 0.15) is 55.6 Å². The van der Waals surface area contributed by atoms with E-state index in [0.717, 1.165) is 11.1 Å². The van der Waals surface area contributed by atoms with Gasteiger partial charge in [0.05, 0.1) is 0 Å². The molecule has 2 unspecified atom stereocenters. The van der Waals surface area contributed by atoms with Crippen molar-refractivity contribution in [1.29, 1.82) is 0 Å². The van der Waals surface area contributed by atoms with Gasteiger partial charge in [0, 0.05) is 11.1 Å². The highest BCUT2D eigenvalue weighted by molar-refractivity contribution is 5.98. The number of hydrogen-bond donors (Lipinski definition) is 0. The van der Waals surface area contributed by atoms with E-state index in [1.165, 1.54) is 66.1 Å². The van der Waals surface area contributed by atoms with Crippen LogP contribution in [0.2, 0.25) is 0 Å². The van der Waals surface area contributed by atoms with Gasteiger partial charge in [-0.25, -0.2) is 0 Å². The molecule has 0 heterocycles. The fraction of sp³-hybridized carbons (Fsp3) is 0.143. The molecule has 6 aromatic carbocycles. The quantitative estimate of drug-likeness (QED) is 0.211. The fourth-order valence-corrected chi connectivity index (χ4v) is 7.66. The third-order valence-corrected chi connectivity index (χ3v) is 9.29. The lowest BCUT2D eigenvalue weighted by atomic mass is 9.74. The molecular weight excluding hydrogens is 520 g/mol. The van der Waals surface area contributed by atoms with Gasteiger partial charge >= 0.3 is 0 Å². The highest BCUT2D eigenvalue weighted by Gasteiger charge is 2.47. The van der Waals surface area contributed by atoms with E-state index in [-0.39, 0.29) is 0 Å². The minimum Gasteiger partial charge on any atom is -0.341 e. The first kappa shape index (κ1) is 25.9. The summed E-state index contributed by atoms with van der Waals surface area (Å²) in [5, 5.41) is 4.95. The van der Waals surface area contributed by atoms with E-state index in [0.29, 0.717) is 0 Å². The van der Waals surface area contributed by atoms with Crippen LogP contribution in [0.4, 0.5) is 0 Å². The molecule has 8 rings (SSSR count). The van der Waals surface area contributed by atoms with Gasteiger partial charge in [-0.05, 0) is 83.6 Å². The summed E-state index contributed by atoms with van der Waals surface area (Å²) in [5.74, 6) is 0. The van der Waals surface area contributed by atoms with E-state index in [4.69, 9.17) is 4.74 Å². The molecule has 0 radical (unpaired) electrons. The van der Waals surface area contributed by atoms with Crippen molar-refractivity contribution in [2.24, 2.45) is 0 Å². The summed E-state index contributed by atoms with van der Waals surface area (Å²) in [6.07, 6.45) is 9.14. The summed E-state index contributed by atoms with van der Waals surface area (Å²) in [6, 6.07) is 40.2.